The summed E-state index contributed by atoms with van der Waals surface area (Å²) < 4.78 is 18.2. The summed E-state index contributed by atoms with van der Waals surface area (Å²) >= 11 is 6.25. The number of benzene rings is 2. The van der Waals surface area contributed by atoms with Crippen molar-refractivity contribution in [1.29, 1.82) is 0 Å². The molecule has 0 radical (unpaired) electrons. The summed E-state index contributed by atoms with van der Waals surface area (Å²) in [6, 6.07) is 11.7. The van der Waals surface area contributed by atoms with E-state index in [2.05, 4.69) is 11.1 Å². The fourth-order valence-corrected chi connectivity index (χ4v) is 5.77. The molecule has 2 fully saturated rings. The molecule has 1 unspecified atom stereocenters. The van der Waals surface area contributed by atoms with Gasteiger partial charge in [-0.3, -0.25) is 4.79 Å². The number of ether oxygens (including phenoxy) is 3. The topological polar surface area (TPSA) is 57.1 Å². The van der Waals surface area contributed by atoms with E-state index in [4.69, 9.17) is 25.8 Å². The van der Waals surface area contributed by atoms with E-state index in [1.165, 1.54) is 19.3 Å². The summed E-state index contributed by atoms with van der Waals surface area (Å²) in [6.45, 7) is 0. The van der Waals surface area contributed by atoms with Crippen molar-refractivity contribution < 1.29 is 19.0 Å². The summed E-state index contributed by atoms with van der Waals surface area (Å²) in [5.41, 5.74) is 2.01. The molecule has 1 heterocycles. The highest BCUT2D eigenvalue weighted by molar-refractivity contribution is 6.30. The molecule has 5 nitrogen and oxygen atoms in total. The minimum absolute atomic E-state index is 0.0477. The Labute approximate surface area is 212 Å². The third kappa shape index (κ3) is 5.50. The minimum Gasteiger partial charge on any atom is -0.493 e. The first kappa shape index (κ1) is 24.2. The number of carbonyl (C=O) groups excluding carboxylic acids is 1. The Bertz CT molecular complexity index is 1090. The summed E-state index contributed by atoms with van der Waals surface area (Å²) in [5, 5.41) is 0.676. The molecule has 2 aliphatic carbocycles. The minimum atomic E-state index is -0.108. The van der Waals surface area contributed by atoms with Crippen molar-refractivity contribution in [2.75, 3.05) is 7.11 Å². The molecule has 0 saturated heterocycles. The molecule has 5 rings (SSSR count). The van der Waals surface area contributed by atoms with E-state index >= 15 is 0 Å². The standard InChI is InChI=1S/C29H34ClNO4/c1-33-26-11-4-7-20(28(26)34-23-9-2-3-10-23)8-5-12-27(32)31-19-21-18-29(15-6-16-29)35-25-14-13-22(30)17-24(21)25/h4,7,11,13-14,17,19,21,23H,2-3,5-6,8-10,12,15-16,18H2,1H3. The van der Waals surface area contributed by atoms with Gasteiger partial charge in [0.05, 0.1) is 13.2 Å². The van der Waals surface area contributed by atoms with Gasteiger partial charge < -0.3 is 14.2 Å². The number of amides is 1. The fraction of sp³-hybridized carbons (Fsp3) is 0.517. The number of carbonyl (C=O) groups is 1. The van der Waals surface area contributed by atoms with Crippen molar-refractivity contribution in [3.05, 3.63) is 52.5 Å². The molecule has 186 valence electrons. The first-order valence-corrected chi connectivity index (χ1v) is 13.3. The third-order valence-electron chi connectivity index (χ3n) is 7.66. The number of hydrogen-bond donors (Lipinski definition) is 0. The largest absolute Gasteiger partial charge is 0.493 e. The Morgan fingerprint density at radius 1 is 1.20 bits per heavy atom. The van der Waals surface area contributed by atoms with Gasteiger partial charge in [0.2, 0.25) is 5.91 Å². The molecule has 3 aliphatic rings. The fourth-order valence-electron chi connectivity index (χ4n) is 5.59. The second-order valence-electron chi connectivity index (χ2n) is 10.1. The average Bonchev–Trinajstić information content (AvgIpc) is 3.35. The third-order valence-corrected chi connectivity index (χ3v) is 7.89. The molecule has 1 spiro atoms. The molecule has 1 amide bonds. The second-order valence-corrected chi connectivity index (χ2v) is 10.6. The van der Waals surface area contributed by atoms with E-state index in [1.807, 2.05) is 36.5 Å². The first-order chi connectivity index (χ1) is 17.0. The van der Waals surface area contributed by atoms with E-state index in [0.29, 0.717) is 17.9 Å². The summed E-state index contributed by atoms with van der Waals surface area (Å²) in [6.07, 6.45) is 12.7. The monoisotopic (exact) mass is 495 g/mol. The predicted octanol–water partition coefficient (Wildman–Crippen LogP) is 7.08. The molecule has 2 aromatic carbocycles. The highest BCUT2D eigenvalue weighted by Crippen LogP contribution is 2.49. The van der Waals surface area contributed by atoms with Crippen LogP contribution in [0.25, 0.3) is 0 Å². The smallest absolute Gasteiger partial charge is 0.245 e. The van der Waals surface area contributed by atoms with Gasteiger partial charge in [0.25, 0.3) is 0 Å². The number of aliphatic imine (C=N–C) groups is 1. The molecule has 6 heteroatoms. The normalized spacial score (nSPS) is 20.9. The SMILES string of the molecule is COc1cccc(CCCC(=O)N=CC2CC3(CCC3)Oc3ccc(Cl)cc32)c1OC1CCCC1. The van der Waals surface area contributed by atoms with Crippen molar-refractivity contribution >= 4 is 23.7 Å². The Morgan fingerprint density at radius 3 is 2.77 bits per heavy atom. The van der Waals surface area contributed by atoms with Crippen molar-refractivity contribution in [3.8, 4) is 17.2 Å². The zero-order valence-electron chi connectivity index (χ0n) is 20.4. The number of aryl methyl sites for hydroxylation is 1. The molecule has 35 heavy (non-hydrogen) atoms. The summed E-state index contributed by atoms with van der Waals surface area (Å²) in [5.74, 6) is 2.42. The van der Waals surface area contributed by atoms with Crippen LogP contribution in [-0.4, -0.2) is 30.9 Å². The van der Waals surface area contributed by atoms with Crippen LogP contribution in [0, 0.1) is 0 Å². The van der Waals surface area contributed by atoms with Crippen LogP contribution < -0.4 is 14.2 Å². The van der Waals surface area contributed by atoms with Crippen LogP contribution in [0.15, 0.2) is 41.4 Å². The Balaban J connectivity index is 1.21. The van der Waals surface area contributed by atoms with E-state index < -0.39 is 0 Å². The summed E-state index contributed by atoms with van der Waals surface area (Å²) in [4.78, 5) is 17.0. The van der Waals surface area contributed by atoms with Crippen molar-refractivity contribution in [2.45, 2.75) is 88.3 Å². The zero-order chi connectivity index (χ0) is 24.3. The lowest BCUT2D eigenvalue weighted by Crippen LogP contribution is -2.47. The Morgan fingerprint density at radius 2 is 2.03 bits per heavy atom. The molecule has 1 aliphatic heterocycles. The maximum absolute atomic E-state index is 12.7. The lowest BCUT2D eigenvalue weighted by atomic mass is 9.71. The van der Waals surface area contributed by atoms with Crippen LogP contribution >= 0.6 is 11.6 Å². The van der Waals surface area contributed by atoms with E-state index in [0.717, 1.165) is 66.9 Å². The molecular weight excluding hydrogens is 462 g/mol. The van der Waals surface area contributed by atoms with Crippen LogP contribution in [0.3, 0.4) is 0 Å². The number of hydrogen-bond acceptors (Lipinski definition) is 4. The highest BCUT2D eigenvalue weighted by atomic mass is 35.5. The number of nitrogens with zero attached hydrogens (tertiary/aromatic N) is 1. The Hall–Kier alpha value is -2.53. The predicted molar refractivity (Wildman–Crippen MR) is 138 cm³/mol. The number of methoxy groups -OCH3 is 1. The van der Waals surface area contributed by atoms with Crippen LogP contribution in [0.1, 0.15) is 81.3 Å². The highest BCUT2D eigenvalue weighted by Gasteiger charge is 2.45. The van der Waals surface area contributed by atoms with Gasteiger partial charge in [-0.05, 0) is 94.0 Å². The molecule has 0 aromatic heterocycles. The van der Waals surface area contributed by atoms with E-state index in [-0.39, 0.29) is 23.5 Å². The molecule has 0 N–H and O–H groups in total. The van der Waals surface area contributed by atoms with Crippen molar-refractivity contribution in [2.24, 2.45) is 4.99 Å². The number of halogens is 1. The van der Waals surface area contributed by atoms with E-state index in [9.17, 15) is 4.79 Å². The maximum Gasteiger partial charge on any atom is 0.245 e. The lowest BCUT2D eigenvalue weighted by molar-refractivity contribution is -0.117. The molecule has 2 aromatic rings. The molecule has 2 saturated carbocycles. The van der Waals surface area contributed by atoms with Gasteiger partial charge in [0, 0.05) is 29.1 Å². The zero-order valence-corrected chi connectivity index (χ0v) is 21.2. The van der Waals surface area contributed by atoms with Gasteiger partial charge in [-0.2, -0.15) is 0 Å². The van der Waals surface area contributed by atoms with Gasteiger partial charge in [0.15, 0.2) is 11.5 Å². The second kappa shape index (κ2) is 10.6. The van der Waals surface area contributed by atoms with Crippen LogP contribution in [0.4, 0.5) is 0 Å². The van der Waals surface area contributed by atoms with Gasteiger partial charge in [0.1, 0.15) is 11.4 Å². The first-order valence-electron chi connectivity index (χ1n) is 12.9. The molecule has 1 atom stereocenters. The van der Waals surface area contributed by atoms with Gasteiger partial charge in [-0.1, -0.05) is 23.7 Å². The molecular formula is C29H34ClNO4. The van der Waals surface area contributed by atoms with Crippen molar-refractivity contribution in [1.82, 2.24) is 0 Å². The molecule has 0 bridgehead atoms. The van der Waals surface area contributed by atoms with Crippen LogP contribution in [0.5, 0.6) is 17.2 Å². The van der Waals surface area contributed by atoms with E-state index in [1.54, 1.807) is 7.11 Å². The van der Waals surface area contributed by atoms with Gasteiger partial charge in [-0.15, -0.1) is 0 Å². The maximum atomic E-state index is 12.7. The lowest BCUT2D eigenvalue weighted by Gasteiger charge is -2.47. The van der Waals surface area contributed by atoms with Crippen LogP contribution in [-0.2, 0) is 11.2 Å². The van der Waals surface area contributed by atoms with Crippen molar-refractivity contribution in [3.63, 3.8) is 0 Å². The number of fused-ring (bicyclic) bond motifs is 1. The van der Waals surface area contributed by atoms with Gasteiger partial charge >= 0.3 is 0 Å². The number of para-hydroxylation sites is 1. The number of rotatable bonds is 8. The van der Waals surface area contributed by atoms with Crippen LogP contribution in [0.2, 0.25) is 5.02 Å². The quantitative estimate of drug-likeness (QED) is 0.367. The Kier molecular flexibility index (Phi) is 7.33. The average molecular weight is 496 g/mol. The van der Waals surface area contributed by atoms with Gasteiger partial charge in [-0.25, -0.2) is 4.99 Å². The summed E-state index contributed by atoms with van der Waals surface area (Å²) in [7, 11) is 1.67.